The molecule has 5 aromatic rings. The summed E-state index contributed by atoms with van der Waals surface area (Å²) in [5, 5.41) is 16.9. The minimum atomic E-state index is -4.78. The van der Waals surface area contributed by atoms with E-state index in [9.17, 15) is 14.9 Å². The Hall–Kier alpha value is -5.99. The van der Waals surface area contributed by atoms with Gasteiger partial charge in [0.2, 0.25) is 15.7 Å². The molecule has 5 fully saturated rings. The molecule has 1 spiro atoms. The number of H-pyrrole nitrogens is 1. The number of rotatable bonds is 9. The van der Waals surface area contributed by atoms with Crippen LogP contribution in [0.2, 0.25) is 0 Å². The van der Waals surface area contributed by atoms with Crippen LogP contribution in [-0.2, 0) is 24.0 Å². The summed E-state index contributed by atoms with van der Waals surface area (Å²) in [7, 11) is -4.78. The molecule has 0 bridgehead atoms. The van der Waals surface area contributed by atoms with E-state index in [2.05, 4.69) is 51.3 Å². The van der Waals surface area contributed by atoms with Crippen LogP contribution in [-0.4, -0.2) is 124 Å². The average molecular weight is 947 g/mol. The number of aromatic amines is 1. The quantitative estimate of drug-likeness (QED) is 0.111. The summed E-state index contributed by atoms with van der Waals surface area (Å²) >= 11 is 0. The van der Waals surface area contributed by atoms with Crippen molar-refractivity contribution in [3.63, 3.8) is 0 Å². The summed E-state index contributed by atoms with van der Waals surface area (Å²) in [6.45, 7) is 5.84. The van der Waals surface area contributed by atoms with Crippen LogP contribution in [0.1, 0.15) is 66.1 Å². The number of ether oxygens (including phenoxy) is 5. The standard InChI is InChI=1S/C49H54N8O10S/c1-28-5-2-3-6-32(28)35-7-4-14-55(35)30-22-49(23-30)11-15-54(16-12-49)36-9-8-33(46(50)58)44(56-38-19-29-10-13-51-47(29)53-48(38)67-42-27-64-25-39(42)56)45(36)68(61,62)31-20-37(57(59)60)43-40(21-31)66-24-34(52-43)41-26-63-17-18-65-41/h2-3,5-6,8-10,13,19-21,30,34-35,39,41-42,52H,4,7,11-12,14-18,22-27H2,1H3,(H2,50,58)(H,51,53)/t34-,35+,39-,41-,42-/m1/s1. The second-order valence-corrected chi connectivity index (χ2v) is 21.3. The zero-order valence-corrected chi connectivity index (χ0v) is 38.5. The van der Waals surface area contributed by atoms with Gasteiger partial charge in [-0.3, -0.25) is 19.8 Å². The van der Waals surface area contributed by atoms with E-state index in [1.807, 2.05) is 12.1 Å². The number of piperidine rings is 1. The first-order valence-corrected chi connectivity index (χ1v) is 25.2. The molecule has 6 aliphatic heterocycles. The molecule has 7 aliphatic rings. The number of likely N-dealkylation sites (tertiary alicyclic amines) is 1. The van der Waals surface area contributed by atoms with Crippen molar-refractivity contribution in [3.8, 4) is 11.6 Å². The van der Waals surface area contributed by atoms with E-state index in [1.54, 1.807) is 23.2 Å². The maximum Gasteiger partial charge on any atom is 0.297 e. The van der Waals surface area contributed by atoms with Crippen molar-refractivity contribution in [2.45, 2.75) is 91.6 Å². The number of nitrogens with zero attached hydrogens (tertiary/aromatic N) is 5. The van der Waals surface area contributed by atoms with Gasteiger partial charge in [0.15, 0.2) is 11.4 Å². The number of fused-ring (bicyclic) bond motifs is 4. The average Bonchev–Trinajstić information content (AvgIpc) is 4.13. The van der Waals surface area contributed by atoms with Crippen LogP contribution < -0.4 is 30.3 Å². The molecule has 12 rings (SSSR count). The van der Waals surface area contributed by atoms with Crippen LogP contribution in [0.4, 0.5) is 28.4 Å². The summed E-state index contributed by atoms with van der Waals surface area (Å²) in [4.78, 5) is 40.1. The molecule has 68 heavy (non-hydrogen) atoms. The number of pyridine rings is 1. The van der Waals surface area contributed by atoms with Crippen LogP contribution in [0.3, 0.4) is 0 Å². The van der Waals surface area contributed by atoms with Gasteiger partial charge in [-0.2, -0.15) is 4.98 Å². The second-order valence-electron chi connectivity index (χ2n) is 19.5. The predicted molar refractivity (Wildman–Crippen MR) is 251 cm³/mol. The van der Waals surface area contributed by atoms with Crippen LogP contribution in [0.25, 0.3) is 11.0 Å². The predicted octanol–water partition coefficient (Wildman–Crippen LogP) is 6.18. The third-order valence-electron chi connectivity index (χ3n) is 15.6. The number of carbonyl (C=O) groups is 1. The molecular formula is C49H54N8O10S. The number of nitro benzene ring substituents is 1. The maximum absolute atomic E-state index is 16.0. The molecule has 3 aromatic carbocycles. The molecule has 8 heterocycles. The summed E-state index contributed by atoms with van der Waals surface area (Å²) in [5.41, 5.74) is 9.98. The lowest BCUT2D eigenvalue weighted by Gasteiger charge is -2.56. The number of carbonyl (C=O) groups excluding carboxylic acids is 1. The van der Waals surface area contributed by atoms with Gasteiger partial charge in [0.1, 0.15) is 35.0 Å². The second kappa shape index (κ2) is 16.6. The van der Waals surface area contributed by atoms with Crippen molar-refractivity contribution in [3.05, 3.63) is 93.7 Å². The van der Waals surface area contributed by atoms with E-state index < -0.39 is 50.6 Å². The minimum absolute atomic E-state index is 0.00190. The molecule has 1 aliphatic carbocycles. The zero-order valence-electron chi connectivity index (χ0n) is 37.7. The number of anilines is 4. The van der Waals surface area contributed by atoms with E-state index in [-0.39, 0.29) is 70.2 Å². The van der Waals surface area contributed by atoms with E-state index in [0.29, 0.717) is 55.4 Å². The fourth-order valence-corrected chi connectivity index (χ4v) is 13.8. The van der Waals surface area contributed by atoms with Crippen LogP contribution >= 0.6 is 0 Å². The Bertz CT molecular complexity index is 2940. The maximum atomic E-state index is 16.0. The molecule has 1 amide bonds. The summed E-state index contributed by atoms with van der Waals surface area (Å²) in [6, 6.07) is 17.9. The molecule has 0 unspecified atom stereocenters. The highest BCUT2D eigenvalue weighted by Gasteiger charge is 2.51. The van der Waals surface area contributed by atoms with Crippen LogP contribution in [0.5, 0.6) is 11.6 Å². The van der Waals surface area contributed by atoms with Gasteiger partial charge in [-0.25, -0.2) is 8.42 Å². The largest absolute Gasteiger partial charge is 0.489 e. The van der Waals surface area contributed by atoms with Gasteiger partial charge in [-0.1, -0.05) is 24.3 Å². The van der Waals surface area contributed by atoms with Gasteiger partial charge < -0.3 is 49.5 Å². The van der Waals surface area contributed by atoms with Gasteiger partial charge in [-0.05, 0) is 92.8 Å². The summed E-state index contributed by atoms with van der Waals surface area (Å²) < 4.78 is 62.1. The van der Waals surface area contributed by atoms with Crippen molar-refractivity contribution in [1.82, 2.24) is 14.9 Å². The molecule has 356 valence electrons. The third-order valence-corrected chi connectivity index (χ3v) is 17.4. The molecule has 19 heteroatoms. The number of aromatic nitrogens is 2. The zero-order chi connectivity index (χ0) is 46.5. The van der Waals surface area contributed by atoms with Crippen LogP contribution in [0, 0.1) is 22.5 Å². The van der Waals surface area contributed by atoms with Crippen molar-refractivity contribution in [1.29, 1.82) is 0 Å². The molecular weight excluding hydrogens is 893 g/mol. The van der Waals surface area contributed by atoms with Crippen molar-refractivity contribution < 1.29 is 41.8 Å². The van der Waals surface area contributed by atoms with Crippen LogP contribution in [0.15, 0.2) is 76.7 Å². The third kappa shape index (κ3) is 7.15. The number of amides is 1. The molecule has 0 radical (unpaired) electrons. The first kappa shape index (κ1) is 43.3. The number of hydrogen-bond acceptors (Lipinski definition) is 15. The minimum Gasteiger partial charge on any atom is -0.489 e. The van der Waals surface area contributed by atoms with Gasteiger partial charge in [0, 0.05) is 48.9 Å². The Balaban J connectivity index is 0.954. The number of sulfone groups is 1. The summed E-state index contributed by atoms with van der Waals surface area (Å²) in [6.07, 6.45) is 6.88. The van der Waals surface area contributed by atoms with Gasteiger partial charge in [0.05, 0.1) is 71.9 Å². The Morgan fingerprint density at radius 2 is 1.78 bits per heavy atom. The highest BCUT2D eigenvalue weighted by Crippen LogP contribution is 2.56. The molecule has 18 nitrogen and oxygen atoms in total. The highest BCUT2D eigenvalue weighted by atomic mass is 32.2. The van der Waals surface area contributed by atoms with E-state index in [1.165, 1.54) is 23.6 Å². The number of nitro groups is 1. The number of hydrogen-bond donors (Lipinski definition) is 3. The fraction of sp³-hybridized carbons (Fsp3) is 0.469. The Morgan fingerprint density at radius 1 is 0.956 bits per heavy atom. The number of nitrogens with one attached hydrogen (secondary N) is 2. The smallest absolute Gasteiger partial charge is 0.297 e. The first-order valence-electron chi connectivity index (χ1n) is 23.7. The molecule has 5 atom stereocenters. The van der Waals surface area contributed by atoms with E-state index in [4.69, 9.17) is 34.4 Å². The molecule has 1 saturated carbocycles. The monoisotopic (exact) mass is 946 g/mol. The van der Waals surface area contributed by atoms with Crippen molar-refractivity contribution in [2.24, 2.45) is 11.1 Å². The lowest BCUT2D eigenvalue weighted by atomic mass is 9.59. The fourth-order valence-electron chi connectivity index (χ4n) is 12.1. The lowest BCUT2D eigenvalue weighted by Crippen LogP contribution is -2.55. The summed E-state index contributed by atoms with van der Waals surface area (Å²) in [5.74, 6) is -0.624. The Labute approximate surface area is 393 Å². The molecule has 2 aromatic heterocycles. The lowest BCUT2D eigenvalue weighted by molar-refractivity contribution is -0.384. The Morgan fingerprint density at radius 3 is 2.56 bits per heavy atom. The number of aryl methyl sites for hydroxylation is 1. The van der Waals surface area contributed by atoms with E-state index in [0.717, 1.165) is 50.1 Å². The highest BCUT2D eigenvalue weighted by molar-refractivity contribution is 7.91. The van der Waals surface area contributed by atoms with Crippen molar-refractivity contribution in [2.75, 3.05) is 74.4 Å². The van der Waals surface area contributed by atoms with E-state index >= 15 is 8.42 Å². The number of nitrogens with two attached hydrogens (primary N) is 1. The molecule has 4 N–H and O–H groups in total. The van der Waals surface area contributed by atoms with Gasteiger partial charge >= 0.3 is 0 Å². The van der Waals surface area contributed by atoms with Gasteiger partial charge in [-0.15, -0.1) is 0 Å². The molecule has 4 saturated heterocycles. The number of primary amides is 1. The topological polar surface area (TPSA) is 217 Å². The number of benzene rings is 3. The SMILES string of the molecule is Cc1ccccc1[C@@H]1CCCN1C1CC2(CCN(c3ccc(C(N)=O)c(N4c5cc6cc[nH]c6nc5O[C@@H]5COC[C@H]54)c3S(=O)(=O)c3cc4c(c([N+](=O)[O-])c3)N[C@@H]([C@H]3COCCO3)CO4)CC2)C1. The van der Waals surface area contributed by atoms with Gasteiger partial charge in [0.25, 0.3) is 11.6 Å². The Kier molecular flexibility index (Phi) is 10.6. The first-order chi connectivity index (χ1) is 33.0. The normalized spacial score (nSPS) is 25.8. The van der Waals surface area contributed by atoms with Crippen molar-refractivity contribution >= 4 is 55.2 Å².